The zero-order chi connectivity index (χ0) is 26.2. The number of aliphatic hydroxyl groups is 1. The summed E-state index contributed by atoms with van der Waals surface area (Å²) in [4.78, 5) is 17.4. The number of carbonyl (C=O) groups excluding carboxylic acids is 1. The van der Waals surface area contributed by atoms with Crippen LogP contribution in [0.3, 0.4) is 0 Å². The quantitative estimate of drug-likeness (QED) is 0.439. The summed E-state index contributed by atoms with van der Waals surface area (Å²) in [5.41, 5.74) is 5.70. The first-order chi connectivity index (χ1) is 18.4. The van der Waals surface area contributed by atoms with E-state index in [-0.39, 0.29) is 11.3 Å². The van der Waals surface area contributed by atoms with E-state index in [1.165, 1.54) is 29.5 Å². The van der Waals surface area contributed by atoms with Crippen LogP contribution in [0.5, 0.6) is 0 Å². The Labute approximate surface area is 225 Å². The molecule has 3 aromatic rings. The average Bonchev–Trinajstić information content (AvgIpc) is 3.77. The number of aryl methyl sites for hydroxylation is 2. The van der Waals surface area contributed by atoms with Gasteiger partial charge in [-0.25, -0.2) is 0 Å². The maximum atomic E-state index is 13.1. The maximum absolute atomic E-state index is 13.1. The predicted molar refractivity (Wildman–Crippen MR) is 150 cm³/mol. The van der Waals surface area contributed by atoms with Gasteiger partial charge in [-0.2, -0.15) is 0 Å². The summed E-state index contributed by atoms with van der Waals surface area (Å²) < 4.78 is 0. The van der Waals surface area contributed by atoms with E-state index in [4.69, 9.17) is 0 Å². The molecule has 0 unspecified atom stereocenters. The van der Waals surface area contributed by atoms with Crippen LogP contribution in [0.15, 0.2) is 66.9 Å². The maximum Gasteiger partial charge on any atom is 0.251 e. The highest BCUT2D eigenvalue weighted by Crippen LogP contribution is 2.54. The molecule has 194 valence electrons. The van der Waals surface area contributed by atoms with Crippen LogP contribution < -0.4 is 5.32 Å². The van der Waals surface area contributed by atoms with E-state index >= 15 is 0 Å². The van der Waals surface area contributed by atoms with E-state index in [0.29, 0.717) is 30.4 Å². The van der Waals surface area contributed by atoms with E-state index in [1.54, 1.807) is 6.20 Å². The van der Waals surface area contributed by atoms with Gasteiger partial charge in [0.2, 0.25) is 0 Å². The zero-order valence-electron chi connectivity index (χ0n) is 22.2. The molecule has 3 atom stereocenters. The first-order valence-corrected chi connectivity index (χ1v) is 14.1. The molecule has 3 aliphatic carbocycles. The summed E-state index contributed by atoms with van der Waals surface area (Å²) >= 11 is 0. The topological polar surface area (TPSA) is 62.2 Å². The SMILES string of the molecule is Cc1ncccc1CNC(=O)c1ccc2c(c1)CC[C@@H]1C[C@@](O)(C#CC3CC3)CC[C@@]21Cc1ccccc1. The van der Waals surface area contributed by atoms with Gasteiger partial charge in [0.25, 0.3) is 5.91 Å². The number of nitrogens with zero attached hydrogens (tertiary/aromatic N) is 1. The van der Waals surface area contributed by atoms with Crippen LogP contribution in [0.2, 0.25) is 0 Å². The first kappa shape index (κ1) is 24.9. The number of hydrogen-bond acceptors (Lipinski definition) is 3. The van der Waals surface area contributed by atoms with E-state index in [0.717, 1.165) is 43.4 Å². The van der Waals surface area contributed by atoms with Crippen molar-refractivity contribution in [3.8, 4) is 11.8 Å². The molecule has 6 rings (SSSR count). The van der Waals surface area contributed by atoms with Crippen molar-refractivity contribution in [2.75, 3.05) is 0 Å². The largest absolute Gasteiger partial charge is 0.378 e. The lowest BCUT2D eigenvalue weighted by Crippen LogP contribution is -2.51. The van der Waals surface area contributed by atoms with Crippen molar-refractivity contribution in [1.82, 2.24) is 10.3 Å². The van der Waals surface area contributed by atoms with Gasteiger partial charge in [0, 0.05) is 35.3 Å². The molecule has 2 saturated carbocycles. The van der Waals surface area contributed by atoms with Crippen LogP contribution in [-0.4, -0.2) is 21.6 Å². The molecule has 0 bridgehead atoms. The van der Waals surface area contributed by atoms with Crippen LogP contribution in [-0.2, 0) is 24.8 Å². The molecule has 3 aliphatic rings. The third-order valence-electron chi connectivity index (χ3n) is 9.02. The minimum absolute atomic E-state index is 0.0513. The standard InChI is InChI=1S/C34H36N2O2/c1-24-29(8-5-19-35-24)23-36-32(37)28-12-14-31-27(20-28)11-13-30-22-33(38,16-15-25-9-10-25)17-18-34(30,31)21-26-6-3-2-4-7-26/h2-8,12,14,19-20,25,30,38H,9-11,13,17-18,21-23H2,1H3,(H,36,37)/t30-,33-,34+/m1/s1. The number of aromatic nitrogens is 1. The molecule has 2 aromatic carbocycles. The lowest BCUT2D eigenvalue weighted by molar-refractivity contribution is -0.00807. The molecule has 4 heteroatoms. The third kappa shape index (κ3) is 5.00. The molecular formula is C34H36N2O2. The summed E-state index contributed by atoms with van der Waals surface area (Å²) in [5, 5.41) is 14.6. The fourth-order valence-corrected chi connectivity index (χ4v) is 6.68. The number of carbonyl (C=O) groups is 1. The normalized spacial score (nSPS) is 25.9. The summed E-state index contributed by atoms with van der Waals surface area (Å²) in [6.45, 7) is 2.43. The monoisotopic (exact) mass is 504 g/mol. The predicted octanol–water partition coefficient (Wildman–Crippen LogP) is 5.69. The van der Waals surface area contributed by atoms with Gasteiger partial charge in [-0.3, -0.25) is 9.78 Å². The van der Waals surface area contributed by atoms with Gasteiger partial charge in [0.05, 0.1) is 0 Å². The lowest BCUT2D eigenvalue weighted by Gasteiger charge is -2.52. The van der Waals surface area contributed by atoms with Gasteiger partial charge >= 0.3 is 0 Å². The second kappa shape index (κ2) is 10.0. The zero-order valence-corrected chi connectivity index (χ0v) is 22.2. The summed E-state index contributed by atoms with van der Waals surface area (Å²) in [5.74, 6) is 7.44. The second-order valence-electron chi connectivity index (χ2n) is 11.6. The smallest absolute Gasteiger partial charge is 0.251 e. The van der Waals surface area contributed by atoms with Crippen LogP contribution in [0, 0.1) is 30.6 Å². The Hall–Kier alpha value is -3.42. The molecule has 4 nitrogen and oxygen atoms in total. The molecule has 1 heterocycles. The molecule has 0 aliphatic heterocycles. The number of amides is 1. The van der Waals surface area contributed by atoms with Crippen LogP contribution in [0.1, 0.15) is 76.8 Å². The lowest BCUT2D eigenvalue weighted by atomic mass is 9.52. The summed E-state index contributed by atoms with van der Waals surface area (Å²) in [6.07, 6.45) is 9.33. The van der Waals surface area contributed by atoms with E-state index in [1.807, 2.05) is 25.1 Å². The van der Waals surface area contributed by atoms with Crippen LogP contribution >= 0.6 is 0 Å². The minimum Gasteiger partial charge on any atom is -0.378 e. The van der Waals surface area contributed by atoms with Gasteiger partial charge in [-0.15, -0.1) is 0 Å². The average molecular weight is 505 g/mol. The molecule has 0 saturated heterocycles. The highest BCUT2D eigenvalue weighted by Gasteiger charge is 2.51. The van der Waals surface area contributed by atoms with E-state index in [2.05, 4.69) is 64.6 Å². The van der Waals surface area contributed by atoms with Crippen molar-refractivity contribution in [2.24, 2.45) is 11.8 Å². The third-order valence-corrected chi connectivity index (χ3v) is 9.02. The summed E-state index contributed by atoms with van der Waals surface area (Å²) in [7, 11) is 0. The fourth-order valence-electron chi connectivity index (χ4n) is 6.68. The minimum atomic E-state index is -0.880. The number of pyridine rings is 1. The molecule has 2 N–H and O–H groups in total. The molecule has 0 radical (unpaired) electrons. The van der Waals surface area contributed by atoms with Gasteiger partial charge in [0.1, 0.15) is 5.60 Å². The van der Waals surface area contributed by atoms with Gasteiger partial charge in [0.15, 0.2) is 0 Å². The highest BCUT2D eigenvalue weighted by molar-refractivity contribution is 5.94. The molecule has 1 aromatic heterocycles. The van der Waals surface area contributed by atoms with Crippen molar-refractivity contribution in [3.63, 3.8) is 0 Å². The number of nitrogens with one attached hydrogen (secondary N) is 1. The fraction of sp³-hybridized carbons (Fsp3) is 0.412. The number of hydrogen-bond donors (Lipinski definition) is 2. The van der Waals surface area contributed by atoms with E-state index < -0.39 is 5.60 Å². The molecule has 0 spiro atoms. The second-order valence-corrected chi connectivity index (χ2v) is 11.6. The van der Waals surface area contributed by atoms with Crippen molar-refractivity contribution >= 4 is 5.91 Å². The van der Waals surface area contributed by atoms with Gasteiger partial charge in [-0.05, 0) is 105 Å². The number of fused-ring (bicyclic) bond motifs is 3. The Morgan fingerprint density at radius 3 is 2.71 bits per heavy atom. The molecule has 38 heavy (non-hydrogen) atoms. The molecule has 1 amide bonds. The summed E-state index contributed by atoms with van der Waals surface area (Å²) in [6, 6.07) is 20.9. The molecule has 2 fully saturated rings. The Morgan fingerprint density at radius 1 is 1.08 bits per heavy atom. The molecular weight excluding hydrogens is 468 g/mol. The van der Waals surface area contributed by atoms with Crippen molar-refractivity contribution in [1.29, 1.82) is 0 Å². The van der Waals surface area contributed by atoms with Gasteiger partial charge in [-0.1, -0.05) is 54.3 Å². The van der Waals surface area contributed by atoms with Crippen LogP contribution in [0.25, 0.3) is 0 Å². The number of rotatable bonds is 5. The number of benzene rings is 2. The Bertz CT molecular complexity index is 1400. The first-order valence-electron chi connectivity index (χ1n) is 14.1. The van der Waals surface area contributed by atoms with Crippen molar-refractivity contribution in [3.05, 3.63) is 100 Å². The van der Waals surface area contributed by atoms with Crippen molar-refractivity contribution in [2.45, 2.75) is 75.9 Å². The van der Waals surface area contributed by atoms with Crippen molar-refractivity contribution < 1.29 is 9.90 Å². The van der Waals surface area contributed by atoms with Crippen LogP contribution in [0.4, 0.5) is 0 Å². The van der Waals surface area contributed by atoms with Gasteiger partial charge < -0.3 is 10.4 Å². The Morgan fingerprint density at radius 2 is 1.92 bits per heavy atom. The van der Waals surface area contributed by atoms with E-state index in [9.17, 15) is 9.90 Å². The highest BCUT2D eigenvalue weighted by atomic mass is 16.3. The Kier molecular flexibility index (Phi) is 6.58. The Balaban J connectivity index is 1.28.